The highest BCUT2D eigenvalue weighted by atomic mass is 15.2. The molecule has 0 saturated carbocycles. The fraction of sp³-hybridized carbons (Fsp3) is 0.269. The maximum atomic E-state index is 8.18. The van der Waals surface area contributed by atoms with Crippen LogP contribution in [-0.2, 0) is 12.5 Å². The lowest BCUT2D eigenvalue weighted by Gasteiger charge is -2.19. The van der Waals surface area contributed by atoms with Crippen molar-refractivity contribution in [1.29, 1.82) is 0 Å². The molecule has 4 aromatic rings. The lowest BCUT2D eigenvalue weighted by atomic mass is 9.86. The molecular weight excluding hydrogens is 340 g/mol. The standard InChI is InChI=1S/C26H29N2/c1-18-12-7-9-14-20(18)25-27(6)23-17-11-15-21(26(3,4)5)24(23)28(25)22-16-10-8-13-19(22)2/h7-17H,1-6H3/q+1/i2D3. The largest absolute Gasteiger partial charge is 0.295 e. The van der Waals surface area contributed by atoms with Gasteiger partial charge >= 0.3 is 0 Å². The molecule has 0 aliphatic rings. The fourth-order valence-corrected chi connectivity index (χ4v) is 4.04. The smallest absolute Gasteiger partial charge is 0.225 e. The van der Waals surface area contributed by atoms with Crippen molar-refractivity contribution in [3.05, 3.63) is 83.4 Å². The highest BCUT2D eigenvalue weighted by molar-refractivity contribution is 5.84. The molecule has 0 unspecified atom stereocenters. The van der Waals surface area contributed by atoms with Gasteiger partial charge in [-0.15, -0.1) is 0 Å². The summed E-state index contributed by atoms with van der Waals surface area (Å²) < 4.78 is 28.9. The van der Waals surface area contributed by atoms with Crippen molar-refractivity contribution in [2.75, 3.05) is 0 Å². The Bertz CT molecular complexity index is 1270. The highest BCUT2D eigenvalue weighted by Crippen LogP contribution is 2.35. The van der Waals surface area contributed by atoms with Crippen molar-refractivity contribution in [3.63, 3.8) is 0 Å². The van der Waals surface area contributed by atoms with Gasteiger partial charge in [-0.25, -0.2) is 4.57 Å². The van der Waals surface area contributed by atoms with Crippen LogP contribution in [0.5, 0.6) is 0 Å². The van der Waals surface area contributed by atoms with Crippen LogP contribution in [-0.4, -0.2) is 4.57 Å². The second-order valence-corrected chi connectivity index (χ2v) is 8.47. The molecule has 0 bridgehead atoms. The van der Waals surface area contributed by atoms with Gasteiger partial charge in [-0.1, -0.05) is 69.3 Å². The Hall–Kier alpha value is -2.87. The number of imidazole rings is 1. The third-order valence-electron chi connectivity index (χ3n) is 5.47. The summed E-state index contributed by atoms with van der Waals surface area (Å²) in [5.41, 5.74) is 6.47. The van der Waals surface area contributed by atoms with Crippen molar-refractivity contribution in [2.24, 2.45) is 7.05 Å². The van der Waals surface area contributed by atoms with Crippen molar-refractivity contribution >= 4 is 11.0 Å². The van der Waals surface area contributed by atoms with E-state index in [0.717, 1.165) is 28.0 Å². The predicted octanol–water partition coefficient (Wildman–Crippen LogP) is 6.04. The third kappa shape index (κ3) is 2.84. The van der Waals surface area contributed by atoms with Crippen LogP contribution in [0, 0.1) is 13.8 Å². The lowest BCUT2D eigenvalue weighted by Crippen LogP contribution is -2.30. The van der Waals surface area contributed by atoms with Gasteiger partial charge in [-0.3, -0.25) is 0 Å². The van der Waals surface area contributed by atoms with E-state index < -0.39 is 6.85 Å². The summed E-state index contributed by atoms with van der Waals surface area (Å²) in [6.07, 6.45) is 0. The van der Waals surface area contributed by atoms with Crippen LogP contribution in [0.25, 0.3) is 28.1 Å². The molecule has 0 saturated heterocycles. The molecule has 0 atom stereocenters. The first-order valence-corrected chi connectivity index (χ1v) is 9.71. The number of benzene rings is 3. The van der Waals surface area contributed by atoms with Gasteiger partial charge in [0.1, 0.15) is 5.69 Å². The zero-order chi connectivity index (χ0) is 22.6. The number of fused-ring (bicyclic) bond motifs is 1. The number of para-hydroxylation sites is 2. The molecule has 1 aromatic heterocycles. The molecular formula is C26H29N2+. The quantitative estimate of drug-likeness (QED) is 0.380. The number of rotatable bonds is 2. The van der Waals surface area contributed by atoms with Crippen LogP contribution in [0.15, 0.2) is 66.7 Å². The average Bonchev–Trinajstić information content (AvgIpc) is 2.99. The second kappa shape index (κ2) is 6.63. The van der Waals surface area contributed by atoms with Crippen molar-refractivity contribution in [3.8, 4) is 17.1 Å². The second-order valence-electron chi connectivity index (χ2n) is 8.47. The van der Waals surface area contributed by atoms with Gasteiger partial charge in [0.15, 0.2) is 11.0 Å². The Balaban J connectivity index is 2.27. The summed E-state index contributed by atoms with van der Waals surface area (Å²) in [5.74, 6) is 0.974. The van der Waals surface area contributed by atoms with Crippen molar-refractivity contribution < 1.29 is 8.68 Å². The van der Waals surface area contributed by atoms with E-state index in [4.69, 9.17) is 4.11 Å². The van der Waals surface area contributed by atoms with E-state index in [1.54, 1.807) is 12.1 Å². The number of aryl methyl sites for hydroxylation is 3. The van der Waals surface area contributed by atoms with Crippen LogP contribution in [0.4, 0.5) is 0 Å². The number of hydrogen-bond donors (Lipinski definition) is 0. The highest BCUT2D eigenvalue weighted by Gasteiger charge is 2.32. The van der Waals surface area contributed by atoms with E-state index in [2.05, 4.69) is 74.2 Å². The molecule has 0 aliphatic carbocycles. The van der Waals surface area contributed by atoms with Crippen LogP contribution in [0.2, 0.25) is 0 Å². The summed E-state index contributed by atoms with van der Waals surface area (Å²) in [6.45, 7) is 6.47. The van der Waals surface area contributed by atoms with Gasteiger partial charge in [-0.2, -0.15) is 4.57 Å². The van der Waals surface area contributed by atoms with Crippen molar-refractivity contribution in [2.45, 2.75) is 40.0 Å². The zero-order valence-corrected chi connectivity index (χ0v) is 17.2. The topological polar surface area (TPSA) is 8.81 Å². The molecule has 142 valence electrons. The van der Waals surface area contributed by atoms with Crippen LogP contribution in [0.3, 0.4) is 0 Å². The van der Waals surface area contributed by atoms with Crippen LogP contribution in [0.1, 0.15) is 41.6 Å². The maximum absolute atomic E-state index is 8.18. The van der Waals surface area contributed by atoms with Gasteiger partial charge < -0.3 is 0 Å². The first kappa shape index (κ1) is 15.1. The Morgan fingerprint density at radius 2 is 1.54 bits per heavy atom. The maximum Gasteiger partial charge on any atom is 0.295 e. The fourth-order valence-electron chi connectivity index (χ4n) is 4.04. The molecule has 2 heteroatoms. The first-order chi connectivity index (χ1) is 14.5. The molecule has 0 radical (unpaired) electrons. The number of hydrogen-bond acceptors (Lipinski definition) is 0. The normalized spacial score (nSPS) is 14.0. The Kier molecular flexibility index (Phi) is 3.57. The number of aromatic nitrogens is 2. The SMILES string of the molecule is [2H]C([2H])([2H])c1ccccc1-n1c(-c2ccccc2C)[n+](C)c2cccc(C(C)(C)C)c21. The van der Waals surface area contributed by atoms with Crippen molar-refractivity contribution in [1.82, 2.24) is 4.57 Å². The molecule has 0 N–H and O–H groups in total. The Labute approximate surface area is 172 Å². The molecule has 1 heterocycles. The van der Waals surface area contributed by atoms with E-state index in [9.17, 15) is 0 Å². The minimum absolute atomic E-state index is 0.111. The van der Waals surface area contributed by atoms with E-state index in [-0.39, 0.29) is 5.41 Å². The number of nitrogens with zero attached hydrogens (tertiary/aromatic N) is 2. The van der Waals surface area contributed by atoms with Gasteiger partial charge in [0.2, 0.25) is 0 Å². The molecule has 0 amide bonds. The molecule has 4 rings (SSSR count). The third-order valence-corrected chi connectivity index (χ3v) is 5.47. The summed E-state index contributed by atoms with van der Waals surface area (Å²) in [6, 6.07) is 22.0. The van der Waals surface area contributed by atoms with Gasteiger partial charge in [0.25, 0.3) is 5.82 Å². The monoisotopic (exact) mass is 372 g/mol. The van der Waals surface area contributed by atoms with E-state index in [1.807, 2.05) is 24.3 Å². The molecule has 2 nitrogen and oxygen atoms in total. The molecule has 0 spiro atoms. The average molecular weight is 373 g/mol. The Morgan fingerprint density at radius 3 is 2.21 bits per heavy atom. The van der Waals surface area contributed by atoms with Crippen LogP contribution < -0.4 is 4.57 Å². The summed E-state index contributed by atoms with van der Waals surface area (Å²) in [4.78, 5) is 0. The van der Waals surface area contributed by atoms with Gasteiger partial charge in [0, 0.05) is 9.68 Å². The minimum Gasteiger partial charge on any atom is -0.225 e. The molecule has 28 heavy (non-hydrogen) atoms. The molecule has 3 aromatic carbocycles. The van der Waals surface area contributed by atoms with E-state index in [0.29, 0.717) is 11.3 Å². The molecule has 0 aliphatic heterocycles. The van der Waals surface area contributed by atoms with E-state index in [1.165, 1.54) is 5.56 Å². The molecule has 0 fully saturated rings. The van der Waals surface area contributed by atoms with Gasteiger partial charge in [-0.05, 0) is 48.5 Å². The summed E-state index contributed by atoms with van der Waals surface area (Å²) >= 11 is 0. The minimum atomic E-state index is -2.22. The first-order valence-electron chi connectivity index (χ1n) is 11.2. The zero-order valence-electron chi connectivity index (χ0n) is 20.2. The van der Waals surface area contributed by atoms with Crippen LogP contribution >= 0.6 is 0 Å². The summed E-state index contributed by atoms with van der Waals surface area (Å²) in [5, 5.41) is 0. The van der Waals surface area contributed by atoms with E-state index >= 15 is 0 Å². The van der Waals surface area contributed by atoms with Gasteiger partial charge in [0.05, 0.1) is 12.6 Å². The summed E-state index contributed by atoms with van der Waals surface area (Å²) in [7, 11) is 2.06. The lowest BCUT2D eigenvalue weighted by molar-refractivity contribution is -0.633. The Morgan fingerprint density at radius 1 is 0.857 bits per heavy atom. The predicted molar refractivity (Wildman–Crippen MR) is 118 cm³/mol.